The third-order valence-corrected chi connectivity index (χ3v) is 3.54. The van der Waals surface area contributed by atoms with Crippen molar-refractivity contribution in [1.82, 2.24) is 15.5 Å². The van der Waals surface area contributed by atoms with Crippen molar-refractivity contribution in [3.63, 3.8) is 0 Å². The molecular weight excluding hydrogens is 316 g/mol. The monoisotopic (exact) mass is 338 g/mol. The summed E-state index contributed by atoms with van der Waals surface area (Å²) in [4.78, 5) is 35.7. The number of carboxylic acids is 1. The molecule has 0 aromatic carbocycles. The van der Waals surface area contributed by atoms with E-state index < -0.39 is 23.9 Å². The number of amides is 2. The van der Waals surface area contributed by atoms with Crippen LogP contribution in [0.25, 0.3) is 0 Å². The third kappa shape index (κ3) is 6.16. The van der Waals surface area contributed by atoms with Crippen molar-refractivity contribution in [1.29, 1.82) is 5.26 Å². The summed E-state index contributed by atoms with van der Waals surface area (Å²) in [6.07, 6.45) is 1.55. The molecule has 0 radical (unpaired) electrons. The van der Waals surface area contributed by atoms with E-state index >= 15 is 0 Å². The molecule has 0 unspecified atom stereocenters. The van der Waals surface area contributed by atoms with Gasteiger partial charge in [-0.05, 0) is 19.8 Å². The third-order valence-electron chi connectivity index (χ3n) is 3.54. The lowest BCUT2D eigenvalue weighted by Gasteiger charge is -2.29. The predicted molar refractivity (Wildman–Crippen MR) is 83.7 cm³/mol. The van der Waals surface area contributed by atoms with E-state index in [1.807, 2.05) is 6.07 Å². The first kappa shape index (κ1) is 19.3. The Morgan fingerprint density at radius 3 is 2.54 bits per heavy atom. The van der Waals surface area contributed by atoms with Gasteiger partial charge in [0, 0.05) is 32.4 Å². The van der Waals surface area contributed by atoms with Crippen molar-refractivity contribution in [3.8, 4) is 6.07 Å². The van der Waals surface area contributed by atoms with Crippen LogP contribution in [0.1, 0.15) is 19.8 Å². The van der Waals surface area contributed by atoms with E-state index in [2.05, 4.69) is 15.4 Å². The lowest BCUT2D eigenvalue weighted by atomic mass is 9.97. The molecule has 0 aliphatic carbocycles. The van der Waals surface area contributed by atoms with Gasteiger partial charge in [-0.3, -0.25) is 9.59 Å². The van der Waals surface area contributed by atoms with E-state index in [9.17, 15) is 14.4 Å². The van der Waals surface area contributed by atoms with Crippen LogP contribution >= 0.6 is 0 Å². The van der Waals surface area contributed by atoms with Crippen molar-refractivity contribution in [2.24, 2.45) is 5.92 Å². The molecule has 3 N–H and O–H groups in total. The van der Waals surface area contributed by atoms with Crippen LogP contribution in [-0.2, 0) is 14.3 Å². The number of hydrogen-bond donors (Lipinski definition) is 3. The summed E-state index contributed by atoms with van der Waals surface area (Å²) in [6.45, 7) is 3.23. The molecule has 1 aliphatic rings. The minimum atomic E-state index is -0.853. The largest absolute Gasteiger partial charge is 0.481 e. The van der Waals surface area contributed by atoms with Crippen LogP contribution < -0.4 is 10.6 Å². The van der Waals surface area contributed by atoms with E-state index in [4.69, 9.17) is 10.4 Å². The van der Waals surface area contributed by atoms with Crippen LogP contribution in [0.4, 0.5) is 4.79 Å². The quantitative estimate of drug-likeness (QED) is 0.339. The zero-order valence-corrected chi connectivity index (χ0v) is 13.6. The summed E-state index contributed by atoms with van der Waals surface area (Å²) < 4.78 is 4.69. The predicted octanol–water partition coefficient (Wildman–Crippen LogP) is 0.0528. The molecule has 0 saturated carbocycles. The number of nitriles is 1. The molecule has 9 heteroatoms. The zero-order chi connectivity index (χ0) is 17.9. The van der Waals surface area contributed by atoms with Crippen molar-refractivity contribution in [2.75, 3.05) is 32.8 Å². The Hall–Kier alpha value is -2.76. The summed E-state index contributed by atoms with van der Waals surface area (Å²) in [5, 5.41) is 23.3. The van der Waals surface area contributed by atoms with Crippen molar-refractivity contribution >= 4 is 18.0 Å². The van der Waals surface area contributed by atoms with Gasteiger partial charge in [0.15, 0.2) is 0 Å². The van der Waals surface area contributed by atoms with Crippen molar-refractivity contribution in [3.05, 3.63) is 11.8 Å². The zero-order valence-electron chi connectivity index (χ0n) is 13.6. The van der Waals surface area contributed by atoms with Crippen LogP contribution in [0.3, 0.4) is 0 Å². The number of ether oxygens (including phenoxy) is 1. The minimum Gasteiger partial charge on any atom is -0.481 e. The summed E-state index contributed by atoms with van der Waals surface area (Å²) in [7, 11) is 0. The maximum atomic E-state index is 12.2. The second-order valence-corrected chi connectivity index (χ2v) is 5.18. The van der Waals surface area contributed by atoms with Gasteiger partial charge in [-0.25, -0.2) is 4.79 Å². The van der Waals surface area contributed by atoms with Gasteiger partial charge in [-0.15, -0.1) is 0 Å². The first-order valence-corrected chi connectivity index (χ1v) is 7.76. The minimum absolute atomic E-state index is 0.0556. The molecular formula is C15H22N4O5. The smallest absolute Gasteiger partial charge is 0.407 e. The number of likely N-dealkylation sites (tertiary alicyclic amines) is 1. The number of alkyl carbamates (subject to hydrolysis) is 1. The van der Waals surface area contributed by atoms with Crippen LogP contribution in [0.15, 0.2) is 11.8 Å². The first-order chi connectivity index (χ1) is 11.5. The molecule has 0 spiro atoms. The fourth-order valence-electron chi connectivity index (χ4n) is 2.23. The molecule has 24 heavy (non-hydrogen) atoms. The average Bonchev–Trinajstić information content (AvgIpc) is 2.58. The topological polar surface area (TPSA) is 132 Å². The maximum absolute atomic E-state index is 12.2. The molecule has 0 aromatic rings. The molecule has 1 fully saturated rings. The molecule has 0 bridgehead atoms. The Balaban J connectivity index is 2.40. The number of carbonyl (C=O) groups is 3. The lowest BCUT2D eigenvalue weighted by molar-refractivity contribution is -0.145. The normalized spacial score (nSPS) is 15.3. The Morgan fingerprint density at radius 2 is 2.00 bits per heavy atom. The molecule has 1 heterocycles. The summed E-state index contributed by atoms with van der Waals surface area (Å²) in [5.41, 5.74) is -0.0556. The van der Waals surface area contributed by atoms with Gasteiger partial charge in [-0.2, -0.15) is 5.26 Å². The van der Waals surface area contributed by atoms with Gasteiger partial charge in [-0.1, -0.05) is 0 Å². The highest BCUT2D eigenvalue weighted by Gasteiger charge is 2.28. The number of carbonyl (C=O) groups excluding carboxylic acids is 2. The number of piperidine rings is 1. The summed E-state index contributed by atoms with van der Waals surface area (Å²) >= 11 is 0. The molecule has 9 nitrogen and oxygen atoms in total. The number of nitrogens with one attached hydrogen (secondary N) is 2. The molecule has 1 aliphatic heterocycles. The highest BCUT2D eigenvalue weighted by molar-refractivity contribution is 5.97. The molecule has 132 valence electrons. The molecule has 2 amide bonds. The van der Waals surface area contributed by atoms with Gasteiger partial charge >= 0.3 is 12.1 Å². The first-order valence-electron chi connectivity index (χ1n) is 7.76. The Labute approximate surface area is 140 Å². The molecule has 0 atom stereocenters. The number of carboxylic acid groups (broad SMARTS) is 1. The second kappa shape index (κ2) is 10.1. The summed E-state index contributed by atoms with van der Waals surface area (Å²) in [5.74, 6) is -1.71. The highest BCUT2D eigenvalue weighted by atomic mass is 16.5. The molecule has 1 rings (SSSR count). The average molecular weight is 338 g/mol. The van der Waals surface area contributed by atoms with E-state index in [0.717, 1.165) is 0 Å². The molecule has 0 aromatic heterocycles. The van der Waals surface area contributed by atoms with E-state index in [1.165, 1.54) is 11.1 Å². The number of hydrogen-bond acceptors (Lipinski definition) is 6. The fraction of sp³-hybridized carbons (Fsp3) is 0.600. The van der Waals surface area contributed by atoms with E-state index in [1.54, 1.807) is 6.92 Å². The van der Waals surface area contributed by atoms with Crippen LogP contribution in [0.2, 0.25) is 0 Å². The Morgan fingerprint density at radius 1 is 1.33 bits per heavy atom. The number of nitrogens with zero attached hydrogens (tertiary/aromatic N) is 2. The maximum Gasteiger partial charge on any atom is 0.407 e. The van der Waals surface area contributed by atoms with Crippen LogP contribution in [0, 0.1) is 17.2 Å². The Bertz CT molecular complexity index is 532. The molecule has 1 saturated heterocycles. The van der Waals surface area contributed by atoms with Crippen LogP contribution in [0.5, 0.6) is 0 Å². The van der Waals surface area contributed by atoms with Gasteiger partial charge in [0.25, 0.3) is 5.91 Å². The number of rotatable bonds is 7. The second-order valence-electron chi connectivity index (χ2n) is 5.18. The van der Waals surface area contributed by atoms with Gasteiger partial charge < -0.3 is 25.4 Å². The van der Waals surface area contributed by atoms with E-state index in [-0.39, 0.29) is 18.7 Å². The fourth-order valence-corrected chi connectivity index (χ4v) is 2.23. The highest BCUT2D eigenvalue weighted by Crippen LogP contribution is 2.18. The number of aliphatic carboxylic acids is 1. The van der Waals surface area contributed by atoms with Gasteiger partial charge in [0.1, 0.15) is 11.6 Å². The Kier molecular flexibility index (Phi) is 8.11. The van der Waals surface area contributed by atoms with Crippen molar-refractivity contribution < 1.29 is 24.2 Å². The van der Waals surface area contributed by atoms with Crippen LogP contribution in [-0.4, -0.2) is 60.8 Å². The standard InChI is InChI=1S/C15H22N4O5/c1-2-24-15(23)18-6-5-17-10-12(9-16)13(20)19-7-3-11(4-8-19)14(21)22/h10-11,17H,2-8H2,1H3,(H,18,23)(H,21,22)/b12-10-. The van der Waals surface area contributed by atoms with Gasteiger partial charge in [0.05, 0.1) is 12.5 Å². The summed E-state index contributed by atoms with van der Waals surface area (Å²) in [6, 6.07) is 1.83. The van der Waals surface area contributed by atoms with E-state index in [0.29, 0.717) is 32.5 Å². The van der Waals surface area contributed by atoms with Crippen molar-refractivity contribution in [2.45, 2.75) is 19.8 Å². The lowest BCUT2D eigenvalue weighted by Crippen LogP contribution is -2.41. The van der Waals surface area contributed by atoms with Gasteiger partial charge in [0.2, 0.25) is 0 Å². The SMILES string of the molecule is CCOC(=O)NCCN/C=C(/C#N)C(=O)N1CCC(C(=O)O)CC1.